The van der Waals surface area contributed by atoms with Gasteiger partial charge in [0.1, 0.15) is 5.60 Å². The van der Waals surface area contributed by atoms with E-state index >= 15 is 0 Å². The maximum Gasteiger partial charge on any atom is 0.108 e. The lowest BCUT2D eigenvalue weighted by Gasteiger charge is -2.23. The summed E-state index contributed by atoms with van der Waals surface area (Å²) in [6, 6.07) is 4.45. The molecule has 80 valence electrons. The number of rotatable bonds is 4. The Morgan fingerprint density at radius 3 is 2.57 bits per heavy atom. The van der Waals surface area contributed by atoms with Gasteiger partial charge in [-0.3, -0.25) is 0 Å². The molecule has 3 heteroatoms. The van der Waals surface area contributed by atoms with Crippen molar-refractivity contribution in [1.29, 1.82) is 0 Å². The van der Waals surface area contributed by atoms with E-state index in [0.717, 1.165) is 4.88 Å². The van der Waals surface area contributed by atoms with Gasteiger partial charge in [-0.1, -0.05) is 13.8 Å². The number of hydrogen-bond acceptors (Lipinski definition) is 3. The van der Waals surface area contributed by atoms with Crippen molar-refractivity contribution in [2.45, 2.75) is 39.3 Å². The normalized spacial score (nSPS) is 15.9. The summed E-state index contributed by atoms with van der Waals surface area (Å²) in [6.07, 6.45) is 0. The lowest BCUT2D eigenvalue weighted by molar-refractivity contribution is 0.0587. The quantitative estimate of drug-likeness (QED) is 0.804. The van der Waals surface area contributed by atoms with Crippen LogP contribution in [0.25, 0.3) is 0 Å². The highest BCUT2D eigenvalue weighted by Gasteiger charge is 2.24. The second-order valence-electron chi connectivity index (χ2n) is 4.22. The number of hydrogen-bond donors (Lipinski definition) is 2. The van der Waals surface area contributed by atoms with Gasteiger partial charge in [0.05, 0.1) is 0 Å². The van der Waals surface area contributed by atoms with Crippen LogP contribution in [0.15, 0.2) is 12.1 Å². The smallest absolute Gasteiger partial charge is 0.108 e. The number of nitrogens with one attached hydrogen (secondary N) is 1. The molecule has 2 N–H and O–H groups in total. The summed E-state index contributed by atoms with van der Waals surface area (Å²) in [4.78, 5) is 2.27. The zero-order valence-corrected chi connectivity index (χ0v) is 10.1. The molecule has 0 saturated heterocycles. The van der Waals surface area contributed by atoms with Crippen LogP contribution in [0.4, 0.5) is 0 Å². The standard InChI is InChI=1S/C11H19NOS/c1-8(2)12-7-11(4,13)10-6-5-9(3)14-10/h5-6,8,12-13H,7H2,1-4H3. The molecule has 1 aromatic heterocycles. The van der Waals surface area contributed by atoms with E-state index in [9.17, 15) is 5.11 Å². The Balaban J connectivity index is 2.65. The van der Waals surface area contributed by atoms with E-state index < -0.39 is 5.60 Å². The molecule has 0 aliphatic heterocycles. The van der Waals surface area contributed by atoms with Gasteiger partial charge in [0, 0.05) is 22.3 Å². The molecule has 14 heavy (non-hydrogen) atoms. The van der Waals surface area contributed by atoms with Crippen LogP contribution in [0.1, 0.15) is 30.5 Å². The summed E-state index contributed by atoms with van der Waals surface area (Å²) in [5.41, 5.74) is -0.747. The fourth-order valence-corrected chi connectivity index (χ4v) is 2.13. The Kier molecular flexibility index (Phi) is 3.70. The average Bonchev–Trinajstić information content (AvgIpc) is 2.49. The maximum atomic E-state index is 10.2. The number of aliphatic hydroxyl groups is 1. The van der Waals surface area contributed by atoms with E-state index in [2.05, 4.69) is 26.1 Å². The third-order valence-corrected chi connectivity index (χ3v) is 3.38. The molecule has 0 bridgehead atoms. The number of aryl methyl sites for hydroxylation is 1. The molecule has 0 saturated carbocycles. The van der Waals surface area contributed by atoms with E-state index in [-0.39, 0.29) is 0 Å². The van der Waals surface area contributed by atoms with E-state index in [4.69, 9.17) is 0 Å². The Morgan fingerprint density at radius 1 is 1.50 bits per heavy atom. The molecule has 0 aromatic carbocycles. The maximum absolute atomic E-state index is 10.2. The van der Waals surface area contributed by atoms with Crippen LogP contribution in [0, 0.1) is 6.92 Å². The van der Waals surface area contributed by atoms with Crippen molar-refractivity contribution < 1.29 is 5.11 Å². The van der Waals surface area contributed by atoms with Crippen LogP contribution >= 0.6 is 11.3 Å². The minimum absolute atomic E-state index is 0.405. The SMILES string of the molecule is Cc1ccc(C(C)(O)CNC(C)C)s1. The molecule has 1 aromatic rings. The average molecular weight is 213 g/mol. The molecule has 0 amide bonds. The lowest BCUT2D eigenvalue weighted by atomic mass is 10.1. The largest absolute Gasteiger partial charge is 0.383 e. The third kappa shape index (κ3) is 3.08. The fourth-order valence-electron chi connectivity index (χ4n) is 1.21. The van der Waals surface area contributed by atoms with Crippen molar-refractivity contribution in [3.05, 3.63) is 21.9 Å². The Morgan fingerprint density at radius 2 is 2.14 bits per heavy atom. The monoisotopic (exact) mass is 213 g/mol. The molecule has 0 aliphatic carbocycles. The highest BCUT2D eigenvalue weighted by atomic mass is 32.1. The molecule has 1 heterocycles. The molecule has 0 spiro atoms. The van der Waals surface area contributed by atoms with Gasteiger partial charge in [-0.25, -0.2) is 0 Å². The van der Waals surface area contributed by atoms with Crippen molar-refractivity contribution in [2.24, 2.45) is 0 Å². The summed E-state index contributed by atoms with van der Waals surface area (Å²) < 4.78 is 0. The van der Waals surface area contributed by atoms with Gasteiger partial charge in [0.25, 0.3) is 0 Å². The van der Waals surface area contributed by atoms with Gasteiger partial charge in [-0.05, 0) is 26.0 Å². The van der Waals surface area contributed by atoms with E-state index in [1.54, 1.807) is 11.3 Å². The van der Waals surface area contributed by atoms with E-state index in [1.165, 1.54) is 4.88 Å². The first kappa shape index (κ1) is 11.7. The van der Waals surface area contributed by atoms with E-state index in [0.29, 0.717) is 12.6 Å². The first-order valence-corrected chi connectivity index (χ1v) is 5.76. The van der Waals surface area contributed by atoms with Gasteiger partial charge >= 0.3 is 0 Å². The first-order valence-electron chi connectivity index (χ1n) is 4.94. The van der Waals surface area contributed by atoms with Crippen molar-refractivity contribution >= 4 is 11.3 Å². The molecule has 1 atom stereocenters. The summed E-state index contributed by atoms with van der Waals surface area (Å²) in [7, 11) is 0. The molecule has 0 aliphatic rings. The number of thiophene rings is 1. The van der Waals surface area contributed by atoms with Gasteiger partial charge < -0.3 is 10.4 Å². The lowest BCUT2D eigenvalue weighted by Crippen LogP contribution is -2.38. The molecule has 1 rings (SSSR count). The zero-order chi connectivity index (χ0) is 10.8. The fraction of sp³-hybridized carbons (Fsp3) is 0.636. The molecular formula is C11H19NOS. The molecule has 2 nitrogen and oxygen atoms in total. The Hall–Kier alpha value is -0.380. The van der Waals surface area contributed by atoms with Gasteiger partial charge in [0.2, 0.25) is 0 Å². The van der Waals surface area contributed by atoms with E-state index in [1.807, 2.05) is 19.1 Å². The summed E-state index contributed by atoms with van der Waals surface area (Å²) in [6.45, 7) is 8.67. The highest BCUT2D eigenvalue weighted by Crippen LogP contribution is 2.27. The minimum Gasteiger partial charge on any atom is -0.383 e. The summed E-state index contributed by atoms with van der Waals surface area (Å²) in [5, 5.41) is 13.4. The Labute approximate surface area is 90.0 Å². The molecule has 0 radical (unpaired) electrons. The van der Waals surface area contributed by atoms with Crippen molar-refractivity contribution in [3.8, 4) is 0 Å². The topological polar surface area (TPSA) is 32.3 Å². The van der Waals surface area contributed by atoms with Gasteiger partial charge in [0.15, 0.2) is 0 Å². The van der Waals surface area contributed by atoms with Crippen molar-refractivity contribution in [2.75, 3.05) is 6.54 Å². The molecular weight excluding hydrogens is 194 g/mol. The van der Waals surface area contributed by atoms with Crippen LogP contribution in [-0.2, 0) is 5.60 Å². The van der Waals surface area contributed by atoms with Gasteiger partial charge in [-0.15, -0.1) is 11.3 Å². The van der Waals surface area contributed by atoms with Crippen molar-refractivity contribution in [3.63, 3.8) is 0 Å². The van der Waals surface area contributed by atoms with Crippen LogP contribution in [0.2, 0.25) is 0 Å². The van der Waals surface area contributed by atoms with Crippen LogP contribution in [-0.4, -0.2) is 17.7 Å². The molecule has 1 unspecified atom stereocenters. The van der Waals surface area contributed by atoms with Crippen molar-refractivity contribution in [1.82, 2.24) is 5.32 Å². The van der Waals surface area contributed by atoms with Crippen LogP contribution < -0.4 is 5.32 Å². The first-order chi connectivity index (χ1) is 6.42. The predicted octanol–water partition coefficient (Wildman–Crippen LogP) is 2.26. The molecule has 0 fully saturated rings. The van der Waals surface area contributed by atoms with Crippen LogP contribution in [0.5, 0.6) is 0 Å². The zero-order valence-electron chi connectivity index (χ0n) is 9.29. The second kappa shape index (κ2) is 4.43. The second-order valence-corrected chi connectivity index (χ2v) is 5.51. The highest BCUT2D eigenvalue weighted by molar-refractivity contribution is 7.12. The van der Waals surface area contributed by atoms with Gasteiger partial charge in [-0.2, -0.15) is 0 Å². The summed E-state index contributed by atoms with van der Waals surface area (Å²) in [5.74, 6) is 0. The summed E-state index contributed by atoms with van der Waals surface area (Å²) >= 11 is 1.66. The Bertz CT molecular complexity index is 291. The minimum atomic E-state index is -0.747. The van der Waals surface area contributed by atoms with Crippen LogP contribution in [0.3, 0.4) is 0 Å². The predicted molar refractivity (Wildman–Crippen MR) is 61.8 cm³/mol. The third-order valence-electron chi connectivity index (χ3n) is 2.13.